The molecule has 1 aromatic heterocycles. The van der Waals surface area contributed by atoms with Crippen molar-refractivity contribution in [3.05, 3.63) is 17.8 Å². The zero-order valence-corrected chi connectivity index (χ0v) is 10.3. The predicted molar refractivity (Wildman–Crippen MR) is 66.6 cm³/mol. The van der Waals surface area contributed by atoms with Crippen LogP contribution in [0.5, 0.6) is 0 Å². The van der Waals surface area contributed by atoms with Crippen LogP contribution in [0.1, 0.15) is 23.3 Å². The first-order valence-corrected chi connectivity index (χ1v) is 5.61. The van der Waals surface area contributed by atoms with Crippen molar-refractivity contribution in [2.24, 2.45) is 0 Å². The van der Waals surface area contributed by atoms with Crippen molar-refractivity contribution in [1.29, 1.82) is 0 Å². The van der Waals surface area contributed by atoms with Crippen LogP contribution in [0.15, 0.2) is 12.1 Å². The summed E-state index contributed by atoms with van der Waals surface area (Å²) >= 11 is 0. The maximum atomic E-state index is 11.6. The molecule has 3 N–H and O–H groups in total. The number of carbonyl (C=O) groups is 1. The van der Waals surface area contributed by atoms with E-state index in [1.807, 2.05) is 14.1 Å². The third kappa shape index (κ3) is 5.26. The number of nitrogens with two attached hydrogens (primary N) is 1. The Bertz CT molecular complexity index is 349. The topological polar surface area (TPSA) is 84.1 Å². The predicted octanol–water partition coefficient (Wildman–Crippen LogP) is 0.130. The minimum absolute atomic E-state index is 0.206. The lowest BCUT2D eigenvalue weighted by Crippen LogP contribution is -2.26. The average molecular weight is 237 g/mol. The Labute approximate surface area is 101 Å². The lowest BCUT2D eigenvalue weighted by Gasteiger charge is -2.09. The van der Waals surface area contributed by atoms with Gasteiger partial charge in [0.2, 0.25) is 0 Å². The molecule has 0 atom stereocenters. The standard InChI is InChI=1S/C11H19N5O/c1-16(2)8-4-3-7-13-11(17)9-5-6-10(12)15-14-9/h5-6H,3-4,7-8H2,1-2H3,(H2,12,15)(H,13,17). The van der Waals surface area contributed by atoms with E-state index in [-0.39, 0.29) is 5.91 Å². The van der Waals surface area contributed by atoms with Gasteiger partial charge in [-0.25, -0.2) is 0 Å². The van der Waals surface area contributed by atoms with Crippen molar-refractivity contribution < 1.29 is 4.79 Å². The van der Waals surface area contributed by atoms with E-state index in [0.717, 1.165) is 19.4 Å². The number of nitrogen functional groups attached to an aromatic ring is 1. The number of aromatic nitrogens is 2. The summed E-state index contributed by atoms with van der Waals surface area (Å²) in [6, 6.07) is 3.13. The van der Waals surface area contributed by atoms with E-state index in [1.165, 1.54) is 0 Å². The van der Waals surface area contributed by atoms with Crippen molar-refractivity contribution in [2.75, 3.05) is 32.9 Å². The van der Waals surface area contributed by atoms with Gasteiger partial charge in [0, 0.05) is 6.54 Å². The lowest BCUT2D eigenvalue weighted by atomic mass is 10.3. The van der Waals surface area contributed by atoms with Gasteiger partial charge in [-0.2, -0.15) is 0 Å². The Morgan fingerprint density at radius 2 is 2.12 bits per heavy atom. The van der Waals surface area contributed by atoms with Crippen molar-refractivity contribution in [1.82, 2.24) is 20.4 Å². The molecule has 0 aliphatic rings. The Balaban J connectivity index is 2.23. The number of anilines is 1. The van der Waals surface area contributed by atoms with Crippen molar-refractivity contribution in [3.63, 3.8) is 0 Å². The maximum Gasteiger partial charge on any atom is 0.271 e. The fraction of sp³-hybridized carbons (Fsp3) is 0.545. The Kier molecular flexibility index (Phi) is 5.35. The fourth-order valence-corrected chi connectivity index (χ4v) is 1.31. The van der Waals surface area contributed by atoms with Gasteiger partial charge in [0.15, 0.2) is 5.69 Å². The molecule has 0 aliphatic heterocycles. The number of hydrogen-bond acceptors (Lipinski definition) is 5. The highest BCUT2D eigenvalue weighted by atomic mass is 16.1. The van der Waals surface area contributed by atoms with E-state index < -0.39 is 0 Å². The molecule has 0 aliphatic carbocycles. The summed E-state index contributed by atoms with van der Waals surface area (Å²) < 4.78 is 0. The molecule has 1 aromatic rings. The van der Waals surface area contributed by atoms with Gasteiger partial charge < -0.3 is 16.0 Å². The molecule has 0 fully saturated rings. The van der Waals surface area contributed by atoms with Gasteiger partial charge in [0.1, 0.15) is 5.82 Å². The fourth-order valence-electron chi connectivity index (χ4n) is 1.31. The zero-order valence-electron chi connectivity index (χ0n) is 10.3. The monoisotopic (exact) mass is 237 g/mol. The Morgan fingerprint density at radius 1 is 1.35 bits per heavy atom. The molecule has 6 nitrogen and oxygen atoms in total. The van der Waals surface area contributed by atoms with E-state index in [4.69, 9.17) is 5.73 Å². The van der Waals surface area contributed by atoms with E-state index in [2.05, 4.69) is 20.4 Å². The van der Waals surface area contributed by atoms with Crippen LogP contribution >= 0.6 is 0 Å². The highest BCUT2D eigenvalue weighted by Gasteiger charge is 2.06. The van der Waals surface area contributed by atoms with Crippen molar-refractivity contribution >= 4 is 11.7 Å². The van der Waals surface area contributed by atoms with Gasteiger partial charge in [-0.15, -0.1) is 10.2 Å². The second kappa shape index (κ2) is 6.80. The molecule has 0 radical (unpaired) electrons. The highest BCUT2D eigenvalue weighted by Crippen LogP contribution is 1.97. The molecule has 1 rings (SSSR count). The number of carbonyl (C=O) groups excluding carboxylic acids is 1. The highest BCUT2D eigenvalue weighted by molar-refractivity contribution is 5.92. The van der Waals surface area contributed by atoms with Crippen molar-refractivity contribution in [3.8, 4) is 0 Å². The van der Waals surface area contributed by atoms with E-state index in [1.54, 1.807) is 12.1 Å². The summed E-state index contributed by atoms with van der Waals surface area (Å²) in [6.07, 6.45) is 2.01. The number of nitrogens with zero attached hydrogens (tertiary/aromatic N) is 3. The first-order chi connectivity index (χ1) is 8.09. The molecule has 6 heteroatoms. The third-order valence-electron chi connectivity index (χ3n) is 2.24. The molecule has 1 amide bonds. The van der Waals surface area contributed by atoms with E-state index in [9.17, 15) is 4.79 Å². The van der Waals surface area contributed by atoms with E-state index in [0.29, 0.717) is 18.1 Å². The van der Waals surface area contributed by atoms with Crippen LogP contribution in [0.2, 0.25) is 0 Å². The second-order valence-electron chi connectivity index (χ2n) is 4.11. The van der Waals surface area contributed by atoms with Crippen LogP contribution in [0.25, 0.3) is 0 Å². The van der Waals surface area contributed by atoms with Gasteiger partial charge in [-0.3, -0.25) is 4.79 Å². The number of rotatable bonds is 6. The lowest BCUT2D eigenvalue weighted by molar-refractivity contribution is 0.0947. The molecule has 17 heavy (non-hydrogen) atoms. The normalized spacial score (nSPS) is 10.5. The summed E-state index contributed by atoms with van der Waals surface area (Å²) in [5, 5.41) is 10.1. The molecule has 1 heterocycles. The molecular weight excluding hydrogens is 218 g/mol. The first-order valence-electron chi connectivity index (χ1n) is 5.61. The van der Waals surface area contributed by atoms with Crippen molar-refractivity contribution in [2.45, 2.75) is 12.8 Å². The smallest absolute Gasteiger partial charge is 0.271 e. The molecule has 0 aromatic carbocycles. The SMILES string of the molecule is CN(C)CCCCNC(=O)c1ccc(N)nn1. The Hall–Kier alpha value is -1.69. The Morgan fingerprint density at radius 3 is 2.71 bits per heavy atom. The summed E-state index contributed by atoms with van der Waals surface area (Å²) in [5.41, 5.74) is 5.68. The number of amides is 1. The minimum atomic E-state index is -0.206. The summed E-state index contributed by atoms with van der Waals surface area (Å²) in [5.74, 6) is 0.106. The molecule has 0 saturated carbocycles. The van der Waals surface area contributed by atoms with Crippen LogP contribution in [-0.2, 0) is 0 Å². The number of unbranched alkanes of at least 4 members (excludes halogenated alkanes) is 1. The molecule has 0 bridgehead atoms. The van der Waals surface area contributed by atoms with Crippen LogP contribution in [0.4, 0.5) is 5.82 Å². The van der Waals surface area contributed by atoms with E-state index >= 15 is 0 Å². The van der Waals surface area contributed by atoms with Gasteiger partial charge in [0.05, 0.1) is 0 Å². The number of hydrogen-bond donors (Lipinski definition) is 2. The molecule has 94 valence electrons. The molecule has 0 saturated heterocycles. The molecule has 0 spiro atoms. The van der Waals surface area contributed by atoms with Gasteiger partial charge >= 0.3 is 0 Å². The molecule has 0 unspecified atom stereocenters. The minimum Gasteiger partial charge on any atom is -0.382 e. The van der Waals surface area contributed by atoms with Crippen LogP contribution in [-0.4, -0.2) is 48.2 Å². The maximum absolute atomic E-state index is 11.6. The first kappa shape index (κ1) is 13.4. The molecular formula is C11H19N5O. The zero-order chi connectivity index (χ0) is 12.7. The summed E-state index contributed by atoms with van der Waals surface area (Å²) in [7, 11) is 4.06. The summed E-state index contributed by atoms with van der Waals surface area (Å²) in [4.78, 5) is 13.7. The van der Waals surface area contributed by atoms with Crippen LogP contribution < -0.4 is 11.1 Å². The van der Waals surface area contributed by atoms with Gasteiger partial charge in [-0.1, -0.05) is 0 Å². The largest absolute Gasteiger partial charge is 0.382 e. The number of nitrogens with one attached hydrogen (secondary N) is 1. The second-order valence-corrected chi connectivity index (χ2v) is 4.11. The third-order valence-corrected chi connectivity index (χ3v) is 2.24. The summed E-state index contributed by atoms with van der Waals surface area (Å²) in [6.45, 7) is 1.68. The van der Waals surface area contributed by atoms with Gasteiger partial charge in [0.25, 0.3) is 5.91 Å². The average Bonchev–Trinajstić information content (AvgIpc) is 2.29. The van der Waals surface area contributed by atoms with Crippen LogP contribution in [0, 0.1) is 0 Å². The quantitative estimate of drug-likeness (QED) is 0.687. The van der Waals surface area contributed by atoms with Gasteiger partial charge in [-0.05, 0) is 45.6 Å². The van der Waals surface area contributed by atoms with Crippen LogP contribution in [0.3, 0.4) is 0 Å².